The van der Waals surface area contributed by atoms with Crippen LogP contribution >= 0.6 is 0 Å². The van der Waals surface area contributed by atoms with E-state index in [1.54, 1.807) is 6.92 Å². The smallest absolute Gasteiger partial charge is 0.407 e. The molecule has 0 atom stereocenters. The summed E-state index contributed by atoms with van der Waals surface area (Å²) in [5.41, 5.74) is 6.57. The van der Waals surface area contributed by atoms with Gasteiger partial charge < -0.3 is 10.1 Å². The number of hydrogen-bond acceptors (Lipinski definition) is 3. The highest BCUT2D eigenvalue weighted by Gasteiger charge is 2.28. The molecule has 0 bridgehead atoms. The maximum absolute atomic E-state index is 12.2. The van der Waals surface area contributed by atoms with Crippen LogP contribution in [0.15, 0.2) is 72.8 Å². The Bertz CT molecular complexity index is 1160. The molecule has 4 heteroatoms. The molecule has 0 aromatic heterocycles. The number of alkyl carbamates (subject to hydrolysis) is 1. The van der Waals surface area contributed by atoms with E-state index in [-0.39, 0.29) is 11.7 Å². The van der Waals surface area contributed by atoms with Crippen molar-refractivity contribution < 1.29 is 14.3 Å². The number of hydrogen-bond donors (Lipinski definition) is 1. The SMILES string of the molecule is CC(=O)Cc1ccccc1C#CCCNC(=O)OCC1c2ccccc2-c2ccccc21. The first-order valence-electron chi connectivity index (χ1n) is 10.8. The Balaban J connectivity index is 1.29. The fourth-order valence-corrected chi connectivity index (χ4v) is 4.10. The molecule has 4 nitrogen and oxygen atoms in total. The van der Waals surface area contributed by atoms with E-state index in [4.69, 9.17) is 4.74 Å². The standard InChI is InChI=1S/C28H25NO3/c1-20(30)18-22-12-3-2-10-21(22)11-8-9-17-29-28(31)32-19-27-25-15-6-4-13-23(25)24-14-5-7-16-26(24)27/h2-7,10,12-16,27H,9,17-19H2,1H3,(H,29,31). The zero-order chi connectivity index (χ0) is 22.3. The molecule has 0 fully saturated rings. The van der Waals surface area contributed by atoms with Gasteiger partial charge in [0.05, 0.1) is 0 Å². The van der Waals surface area contributed by atoms with Crippen LogP contribution in [-0.2, 0) is 16.0 Å². The lowest BCUT2D eigenvalue weighted by Gasteiger charge is -2.14. The predicted molar refractivity (Wildman–Crippen MR) is 125 cm³/mol. The summed E-state index contributed by atoms with van der Waals surface area (Å²) in [6, 6.07) is 24.2. The lowest BCUT2D eigenvalue weighted by atomic mass is 9.98. The molecule has 0 saturated heterocycles. The van der Waals surface area contributed by atoms with Gasteiger partial charge in [0.2, 0.25) is 0 Å². The second-order valence-corrected chi connectivity index (χ2v) is 7.84. The molecule has 1 N–H and O–H groups in total. The lowest BCUT2D eigenvalue weighted by molar-refractivity contribution is -0.116. The highest BCUT2D eigenvalue weighted by Crippen LogP contribution is 2.44. The van der Waals surface area contributed by atoms with Crippen LogP contribution in [0.5, 0.6) is 0 Å². The van der Waals surface area contributed by atoms with E-state index in [9.17, 15) is 9.59 Å². The molecule has 1 amide bonds. The summed E-state index contributed by atoms with van der Waals surface area (Å²) in [5.74, 6) is 6.31. The third-order valence-corrected chi connectivity index (χ3v) is 5.54. The minimum atomic E-state index is -0.439. The van der Waals surface area contributed by atoms with Crippen molar-refractivity contribution >= 4 is 11.9 Å². The van der Waals surface area contributed by atoms with Gasteiger partial charge in [0, 0.05) is 30.9 Å². The van der Waals surface area contributed by atoms with E-state index in [1.807, 2.05) is 48.5 Å². The molecule has 4 rings (SSSR count). The fourth-order valence-electron chi connectivity index (χ4n) is 4.10. The van der Waals surface area contributed by atoms with Crippen LogP contribution < -0.4 is 5.32 Å². The second kappa shape index (κ2) is 9.98. The number of ether oxygens (including phenoxy) is 1. The Hall–Kier alpha value is -3.84. The first kappa shape index (κ1) is 21.4. The Labute approximate surface area is 188 Å². The van der Waals surface area contributed by atoms with Crippen LogP contribution in [0.25, 0.3) is 11.1 Å². The molecule has 0 unspecified atom stereocenters. The maximum Gasteiger partial charge on any atom is 0.407 e. The van der Waals surface area contributed by atoms with E-state index in [0.717, 1.165) is 11.1 Å². The molecule has 0 spiro atoms. The zero-order valence-corrected chi connectivity index (χ0v) is 18.1. The van der Waals surface area contributed by atoms with Crippen molar-refractivity contribution in [1.29, 1.82) is 0 Å². The van der Waals surface area contributed by atoms with Gasteiger partial charge in [0.1, 0.15) is 12.4 Å². The summed E-state index contributed by atoms with van der Waals surface area (Å²) in [6.45, 7) is 2.27. The van der Waals surface area contributed by atoms with Crippen molar-refractivity contribution in [1.82, 2.24) is 5.32 Å². The summed E-state index contributed by atoms with van der Waals surface area (Å²) < 4.78 is 5.53. The van der Waals surface area contributed by atoms with Crippen LogP contribution in [-0.4, -0.2) is 25.0 Å². The Morgan fingerprint density at radius 2 is 1.53 bits per heavy atom. The number of carbonyl (C=O) groups excluding carboxylic acids is 2. The van der Waals surface area contributed by atoms with Gasteiger partial charge in [-0.25, -0.2) is 4.79 Å². The molecule has 3 aromatic rings. The molecule has 0 heterocycles. The first-order valence-corrected chi connectivity index (χ1v) is 10.8. The van der Waals surface area contributed by atoms with E-state index in [1.165, 1.54) is 22.3 Å². The largest absolute Gasteiger partial charge is 0.449 e. The minimum absolute atomic E-state index is 0.0470. The van der Waals surface area contributed by atoms with Gasteiger partial charge in [-0.05, 0) is 40.8 Å². The molecular formula is C28H25NO3. The quantitative estimate of drug-likeness (QED) is 0.443. The summed E-state index contributed by atoms with van der Waals surface area (Å²) >= 11 is 0. The highest BCUT2D eigenvalue weighted by molar-refractivity contribution is 5.79. The number of rotatable bonds is 6. The van der Waals surface area contributed by atoms with E-state index in [0.29, 0.717) is 26.0 Å². The Morgan fingerprint density at radius 3 is 2.22 bits per heavy atom. The first-order chi connectivity index (χ1) is 15.6. The number of Topliss-reactive ketones (excluding diaryl/α,β-unsaturated/α-hetero) is 1. The minimum Gasteiger partial charge on any atom is -0.449 e. The fraction of sp³-hybridized carbons (Fsp3) is 0.214. The third-order valence-electron chi connectivity index (χ3n) is 5.54. The van der Waals surface area contributed by atoms with Gasteiger partial charge in [0.15, 0.2) is 0 Å². The number of benzene rings is 3. The van der Waals surface area contributed by atoms with Gasteiger partial charge in [-0.1, -0.05) is 78.6 Å². The lowest BCUT2D eigenvalue weighted by Crippen LogP contribution is -2.26. The van der Waals surface area contributed by atoms with E-state index >= 15 is 0 Å². The van der Waals surface area contributed by atoms with Crippen molar-refractivity contribution in [2.24, 2.45) is 0 Å². The van der Waals surface area contributed by atoms with E-state index in [2.05, 4.69) is 41.4 Å². The number of amides is 1. The van der Waals surface area contributed by atoms with Gasteiger partial charge in [-0.15, -0.1) is 0 Å². The predicted octanol–water partition coefficient (Wildman–Crippen LogP) is 5.10. The highest BCUT2D eigenvalue weighted by atomic mass is 16.5. The van der Waals surface area contributed by atoms with Gasteiger partial charge in [-0.2, -0.15) is 0 Å². The molecular weight excluding hydrogens is 398 g/mol. The Morgan fingerprint density at radius 1 is 0.906 bits per heavy atom. The maximum atomic E-state index is 12.2. The monoisotopic (exact) mass is 423 g/mol. The van der Waals surface area contributed by atoms with Crippen LogP contribution in [0.1, 0.15) is 41.5 Å². The average Bonchev–Trinajstić information content (AvgIpc) is 3.12. The van der Waals surface area contributed by atoms with Crippen LogP contribution in [0, 0.1) is 11.8 Å². The molecule has 160 valence electrons. The van der Waals surface area contributed by atoms with E-state index < -0.39 is 6.09 Å². The molecule has 0 aliphatic heterocycles. The molecule has 0 saturated carbocycles. The summed E-state index contributed by atoms with van der Waals surface area (Å²) in [7, 11) is 0. The number of ketones is 1. The molecule has 0 radical (unpaired) electrons. The van der Waals surface area contributed by atoms with Crippen LogP contribution in [0.4, 0.5) is 4.79 Å². The second-order valence-electron chi connectivity index (χ2n) is 7.84. The number of nitrogens with one attached hydrogen (secondary N) is 1. The zero-order valence-electron chi connectivity index (χ0n) is 18.1. The summed E-state index contributed by atoms with van der Waals surface area (Å²) in [4.78, 5) is 23.6. The van der Waals surface area contributed by atoms with Crippen molar-refractivity contribution in [3.63, 3.8) is 0 Å². The van der Waals surface area contributed by atoms with Crippen molar-refractivity contribution in [3.05, 3.63) is 95.1 Å². The van der Waals surface area contributed by atoms with Crippen LogP contribution in [0.3, 0.4) is 0 Å². The van der Waals surface area contributed by atoms with Gasteiger partial charge in [0.25, 0.3) is 0 Å². The average molecular weight is 424 g/mol. The van der Waals surface area contributed by atoms with Gasteiger partial charge in [-0.3, -0.25) is 4.79 Å². The third kappa shape index (κ3) is 4.90. The van der Waals surface area contributed by atoms with Crippen LogP contribution in [0.2, 0.25) is 0 Å². The number of fused-ring (bicyclic) bond motifs is 3. The molecule has 3 aromatic carbocycles. The Kier molecular flexibility index (Phi) is 6.67. The summed E-state index contributed by atoms with van der Waals surface area (Å²) in [5, 5.41) is 2.77. The van der Waals surface area contributed by atoms with Crippen molar-refractivity contribution in [2.75, 3.05) is 13.2 Å². The van der Waals surface area contributed by atoms with Gasteiger partial charge >= 0.3 is 6.09 Å². The number of carbonyl (C=O) groups is 2. The normalized spacial score (nSPS) is 11.7. The summed E-state index contributed by atoms with van der Waals surface area (Å²) in [6.07, 6.45) is 0.437. The molecule has 1 aliphatic carbocycles. The molecule has 32 heavy (non-hydrogen) atoms. The topological polar surface area (TPSA) is 55.4 Å². The van der Waals surface area contributed by atoms with Crippen molar-refractivity contribution in [2.45, 2.75) is 25.7 Å². The molecule has 1 aliphatic rings. The van der Waals surface area contributed by atoms with Crippen molar-refractivity contribution in [3.8, 4) is 23.0 Å².